The van der Waals surface area contributed by atoms with Gasteiger partial charge in [0.15, 0.2) is 0 Å². The van der Waals surface area contributed by atoms with Crippen molar-refractivity contribution >= 4 is 23.7 Å². The summed E-state index contributed by atoms with van der Waals surface area (Å²) in [6.45, 7) is 2.39. The highest BCUT2D eigenvalue weighted by molar-refractivity contribution is 6.21. The maximum atomic E-state index is 13.9. The van der Waals surface area contributed by atoms with Gasteiger partial charge in [0.25, 0.3) is 17.7 Å². The van der Waals surface area contributed by atoms with Crippen LogP contribution in [-0.2, 0) is 29.0 Å². The van der Waals surface area contributed by atoms with E-state index in [4.69, 9.17) is 9.47 Å². The molecule has 0 radical (unpaired) electrons. The van der Waals surface area contributed by atoms with Crippen LogP contribution in [0.5, 0.6) is 5.75 Å². The van der Waals surface area contributed by atoms with Crippen LogP contribution < -0.4 is 4.74 Å². The van der Waals surface area contributed by atoms with Crippen molar-refractivity contribution in [1.29, 1.82) is 0 Å². The van der Waals surface area contributed by atoms with Crippen molar-refractivity contribution in [3.63, 3.8) is 0 Å². The predicted octanol–water partition coefficient (Wildman–Crippen LogP) is 3.62. The van der Waals surface area contributed by atoms with Crippen LogP contribution in [0.4, 0.5) is 0 Å². The lowest BCUT2D eigenvalue weighted by molar-refractivity contribution is -0.146. The number of hydrogen-bond donors (Lipinski definition) is 0. The molecule has 2 heterocycles. The van der Waals surface area contributed by atoms with Crippen LogP contribution in [0.25, 0.3) is 0 Å². The minimum atomic E-state index is -0.790. The molecule has 37 heavy (non-hydrogen) atoms. The van der Waals surface area contributed by atoms with Gasteiger partial charge in [0.1, 0.15) is 11.8 Å². The van der Waals surface area contributed by atoms with Gasteiger partial charge in [-0.15, -0.1) is 0 Å². The van der Waals surface area contributed by atoms with Crippen molar-refractivity contribution in [3.05, 3.63) is 100 Å². The molecule has 3 amide bonds. The van der Waals surface area contributed by atoms with Gasteiger partial charge in [0.05, 0.1) is 37.0 Å². The van der Waals surface area contributed by atoms with Crippen molar-refractivity contribution in [2.24, 2.45) is 0 Å². The lowest BCUT2D eigenvalue weighted by Crippen LogP contribution is -2.49. The fourth-order valence-corrected chi connectivity index (χ4v) is 4.93. The SMILES string of the molecule is CCOc1ccc(CN2C(=O)c3ccccc3C2=O)cc1C(=O)N1Cc2ccccc2C[C@H]1C(=O)OC. The maximum Gasteiger partial charge on any atom is 0.328 e. The number of nitrogens with zero attached hydrogens (tertiary/aromatic N) is 2. The Balaban J connectivity index is 1.48. The second-order valence-electron chi connectivity index (χ2n) is 8.95. The highest BCUT2D eigenvalue weighted by Gasteiger charge is 2.38. The first kappa shape index (κ1) is 24.2. The first-order valence-electron chi connectivity index (χ1n) is 12.1. The molecular formula is C29H26N2O6. The van der Waals surface area contributed by atoms with Crippen LogP contribution >= 0.6 is 0 Å². The highest BCUT2D eigenvalue weighted by atomic mass is 16.5. The molecule has 3 aromatic carbocycles. The standard InChI is InChI=1S/C29H26N2O6/c1-3-37-25-13-12-18(16-31-26(32)21-10-6-7-11-22(21)27(31)33)14-23(25)28(34)30-17-20-9-5-4-8-19(20)15-24(30)29(35)36-2/h4-14,24H,3,15-17H2,1-2H3/t24-/m0/s1. The molecule has 0 unspecified atom stereocenters. The molecule has 2 aliphatic rings. The zero-order chi connectivity index (χ0) is 26.1. The topological polar surface area (TPSA) is 93.2 Å². The molecule has 3 aromatic rings. The molecule has 5 rings (SSSR count). The molecule has 188 valence electrons. The lowest BCUT2D eigenvalue weighted by atomic mass is 9.93. The van der Waals surface area contributed by atoms with Gasteiger partial charge >= 0.3 is 5.97 Å². The average molecular weight is 499 g/mol. The summed E-state index contributed by atoms with van der Waals surface area (Å²) in [6, 6.07) is 18.6. The quantitative estimate of drug-likeness (QED) is 0.381. The first-order chi connectivity index (χ1) is 17.9. The third kappa shape index (κ3) is 4.35. The zero-order valence-corrected chi connectivity index (χ0v) is 20.6. The summed E-state index contributed by atoms with van der Waals surface area (Å²) in [5.41, 5.74) is 3.52. The summed E-state index contributed by atoms with van der Waals surface area (Å²) in [6.07, 6.45) is 0.341. The number of benzene rings is 3. The van der Waals surface area contributed by atoms with E-state index in [0.29, 0.717) is 35.5 Å². The molecule has 0 bridgehead atoms. The summed E-state index contributed by atoms with van der Waals surface area (Å²) >= 11 is 0. The van der Waals surface area contributed by atoms with Gasteiger partial charge < -0.3 is 14.4 Å². The normalized spacial score (nSPS) is 16.3. The summed E-state index contributed by atoms with van der Waals surface area (Å²) in [5.74, 6) is -1.27. The van der Waals surface area contributed by atoms with Gasteiger partial charge in [-0.05, 0) is 47.9 Å². The molecule has 0 N–H and O–H groups in total. The molecule has 8 nitrogen and oxygen atoms in total. The van der Waals surface area contributed by atoms with Gasteiger partial charge in [-0.3, -0.25) is 19.3 Å². The number of rotatable bonds is 6. The Bertz CT molecular complexity index is 1380. The Morgan fingerprint density at radius 1 is 0.919 bits per heavy atom. The summed E-state index contributed by atoms with van der Waals surface area (Å²) < 4.78 is 10.8. The molecule has 8 heteroatoms. The molecule has 0 saturated heterocycles. The Morgan fingerprint density at radius 3 is 2.22 bits per heavy atom. The lowest BCUT2D eigenvalue weighted by Gasteiger charge is -2.35. The van der Waals surface area contributed by atoms with E-state index in [1.807, 2.05) is 31.2 Å². The van der Waals surface area contributed by atoms with Crippen molar-refractivity contribution < 1.29 is 28.7 Å². The second-order valence-corrected chi connectivity index (χ2v) is 8.95. The van der Waals surface area contributed by atoms with Crippen molar-refractivity contribution in [3.8, 4) is 5.75 Å². The number of imide groups is 1. The second kappa shape index (κ2) is 9.89. The fourth-order valence-electron chi connectivity index (χ4n) is 4.93. The average Bonchev–Trinajstić information content (AvgIpc) is 3.17. The monoisotopic (exact) mass is 498 g/mol. The van der Waals surface area contributed by atoms with E-state index < -0.39 is 17.9 Å². The number of carbonyl (C=O) groups excluding carboxylic acids is 4. The van der Waals surface area contributed by atoms with Crippen molar-refractivity contribution in [2.75, 3.05) is 13.7 Å². The minimum absolute atomic E-state index is 0.00228. The number of carbonyl (C=O) groups is 4. The van der Waals surface area contributed by atoms with Crippen LogP contribution in [-0.4, -0.2) is 53.2 Å². The third-order valence-corrected chi connectivity index (χ3v) is 6.78. The van der Waals surface area contributed by atoms with E-state index in [2.05, 4.69) is 0 Å². The molecule has 0 aliphatic carbocycles. The summed E-state index contributed by atoms with van der Waals surface area (Å²) in [4.78, 5) is 55.0. The molecule has 1 atom stereocenters. The summed E-state index contributed by atoms with van der Waals surface area (Å²) in [5, 5.41) is 0. The van der Waals surface area contributed by atoms with Crippen molar-refractivity contribution in [2.45, 2.75) is 32.5 Å². The number of fused-ring (bicyclic) bond motifs is 2. The molecule has 2 aliphatic heterocycles. The Hall–Kier alpha value is -4.46. The molecule has 0 saturated carbocycles. The van der Waals surface area contributed by atoms with Gasteiger partial charge in [-0.1, -0.05) is 42.5 Å². The van der Waals surface area contributed by atoms with Gasteiger partial charge in [-0.2, -0.15) is 0 Å². The fraction of sp³-hybridized carbons (Fsp3) is 0.241. The number of amides is 3. The van der Waals surface area contributed by atoms with E-state index in [0.717, 1.165) is 11.1 Å². The zero-order valence-electron chi connectivity index (χ0n) is 20.6. The number of ether oxygens (including phenoxy) is 2. The predicted molar refractivity (Wildman–Crippen MR) is 134 cm³/mol. The minimum Gasteiger partial charge on any atom is -0.493 e. The first-order valence-corrected chi connectivity index (χ1v) is 12.1. The van der Waals surface area contributed by atoms with Gasteiger partial charge in [-0.25, -0.2) is 4.79 Å². The Kier molecular flexibility index (Phi) is 6.48. The number of methoxy groups -OCH3 is 1. The van der Waals surface area contributed by atoms with Crippen LogP contribution in [0, 0.1) is 0 Å². The van der Waals surface area contributed by atoms with Gasteiger partial charge in [0.2, 0.25) is 0 Å². The van der Waals surface area contributed by atoms with Crippen LogP contribution in [0.1, 0.15) is 54.7 Å². The van der Waals surface area contributed by atoms with E-state index in [9.17, 15) is 19.2 Å². The van der Waals surface area contributed by atoms with E-state index in [1.165, 1.54) is 16.9 Å². The highest BCUT2D eigenvalue weighted by Crippen LogP contribution is 2.31. The maximum absolute atomic E-state index is 13.9. The van der Waals surface area contributed by atoms with Crippen LogP contribution in [0.2, 0.25) is 0 Å². The Morgan fingerprint density at radius 2 is 1.57 bits per heavy atom. The number of hydrogen-bond acceptors (Lipinski definition) is 6. The van der Waals surface area contributed by atoms with Crippen molar-refractivity contribution in [1.82, 2.24) is 9.80 Å². The molecule has 0 fully saturated rings. The third-order valence-electron chi connectivity index (χ3n) is 6.78. The summed E-state index contributed by atoms with van der Waals surface area (Å²) in [7, 11) is 1.31. The smallest absolute Gasteiger partial charge is 0.328 e. The molecular weight excluding hydrogens is 472 g/mol. The van der Waals surface area contributed by atoms with E-state index in [-0.39, 0.29) is 30.5 Å². The molecule has 0 spiro atoms. The van der Waals surface area contributed by atoms with E-state index >= 15 is 0 Å². The van der Waals surface area contributed by atoms with Gasteiger partial charge in [0, 0.05) is 13.0 Å². The van der Waals surface area contributed by atoms with Crippen LogP contribution in [0.3, 0.4) is 0 Å². The number of esters is 1. The van der Waals surface area contributed by atoms with Crippen LogP contribution in [0.15, 0.2) is 66.7 Å². The molecule has 0 aromatic heterocycles. The Labute approximate surface area is 214 Å². The van der Waals surface area contributed by atoms with E-state index in [1.54, 1.807) is 42.5 Å². The largest absolute Gasteiger partial charge is 0.493 e.